The van der Waals surface area contributed by atoms with E-state index in [0.29, 0.717) is 5.92 Å². The van der Waals surface area contributed by atoms with Gasteiger partial charge < -0.3 is 10.2 Å². The zero-order valence-corrected chi connectivity index (χ0v) is 12.3. The maximum Gasteiger partial charge on any atom is 0.0445 e. The van der Waals surface area contributed by atoms with Crippen LogP contribution in [0.1, 0.15) is 32.8 Å². The van der Waals surface area contributed by atoms with Gasteiger partial charge in [0.2, 0.25) is 0 Å². The molecule has 1 aliphatic heterocycles. The molecule has 0 saturated carbocycles. The monoisotopic (exact) mass is 259 g/mol. The number of aromatic nitrogens is 1. The van der Waals surface area contributed by atoms with Crippen molar-refractivity contribution in [2.75, 3.05) is 24.5 Å². The molecule has 1 aliphatic rings. The van der Waals surface area contributed by atoms with Crippen molar-refractivity contribution in [1.82, 2.24) is 10.3 Å². The Morgan fingerprint density at radius 2 is 2.26 bits per heavy atom. The molecule has 0 amide bonds. The van der Waals surface area contributed by atoms with Crippen molar-refractivity contribution in [3.05, 3.63) is 35.7 Å². The van der Waals surface area contributed by atoms with Crippen molar-refractivity contribution in [1.29, 1.82) is 0 Å². The van der Waals surface area contributed by atoms with E-state index >= 15 is 0 Å². The summed E-state index contributed by atoms with van der Waals surface area (Å²) in [4.78, 5) is 6.74. The molecule has 1 N–H and O–H groups in total. The minimum atomic E-state index is 0.681. The van der Waals surface area contributed by atoms with Gasteiger partial charge in [0.1, 0.15) is 0 Å². The molecule has 1 aromatic rings. The number of nitrogens with one attached hydrogen (secondary N) is 1. The van der Waals surface area contributed by atoms with Gasteiger partial charge in [-0.2, -0.15) is 0 Å². The fourth-order valence-electron chi connectivity index (χ4n) is 2.48. The summed E-state index contributed by atoms with van der Waals surface area (Å²) in [6.07, 6.45) is 7.38. The van der Waals surface area contributed by atoms with Gasteiger partial charge in [0.05, 0.1) is 0 Å². The lowest BCUT2D eigenvalue weighted by atomic mass is 10.1. The van der Waals surface area contributed by atoms with Gasteiger partial charge in [0.25, 0.3) is 0 Å². The average molecular weight is 259 g/mol. The summed E-state index contributed by atoms with van der Waals surface area (Å²) in [5, 5.41) is 3.51. The van der Waals surface area contributed by atoms with Crippen molar-refractivity contribution < 1.29 is 0 Å². The summed E-state index contributed by atoms with van der Waals surface area (Å²) >= 11 is 0. The maximum atomic E-state index is 4.28. The number of rotatable bonds is 5. The molecule has 0 spiro atoms. The first kappa shape index (κ1) is 14.1. The predicted molar refractivity (Wildman–Crippen MR) is 81.4 cm³/mol. The lowest BCUT2D eigenvalue weighted by Gasteiger charge is -2.30. The van der Waals surface area contributed by atoms with Gasteiger partial charge >= 0.3 is 0 Å². The van der Waals surface area contributed by atoms with E-state index in [1.807, 2.05) is 12.4 Å². The van der Waals surface area contributed by atoms with Crippen molar-refractivity contribution in [3.8, 4) is 0 Å². The van der Waals surface area contributed by atoms with Crippen molar-refractivity contribution in [2.45, 2.75) is 33.7 Å². The van der Waals surface area contributed by atoms with Crippen molar-refractivity contribution >= 4 is 5.69 Å². The van der Waals surface area contributed by atoms with Gasteiger partial charge in [-0.3, -0.25) is 4.98 Å². The standard InChI is InChI=1S/C16H25N3/c1-13(2)9-18-11-15-10-17-7-6-16(15)19-8-4-5-14(3)12-19/h5-7,10,13,18H,4,8-9,11-12H2,1-3H3. The third-order valence-corrected chi connectivity index (χ3v) is 3.42. The van der Waals surface area contributed by atoms with Crippen LogP contribution in [0.5, 0.6) is 0 Å². The molecule has 0 radical (unpaired) electrons. The summed E-state index contributed by atoms with van der Waals surface area (Å²) in [6, 6.07) is 2.14. The van der Waals surface area contributed by atoms with E-state index in [9.17, 15) is 0 Å². The quantitative estimate of drug-likeness (QED) is 0.824. The van der Waals surface area contributed by atoms with Crippen LogP contribution < -0.4 is 10.2 Å². The molecule has 0 atom stereocenters. The van der Waals surface area contributed by atoms with E-state index in [-0.39, 0.29) is 0 Å². The van der Waals surface area contributed by atoms with Crippen LogP contribution in [0.2, 0.25) is 0 Å². The Labute approximate surface area is 116 Å². The zero-order valence-electron chi connectivity index (χ0n) is 12.3. The number of anilines is 1. The van der Waals surface area contributed by atoms with Crippen LogP contribution in [-0.4, -0.2) is 24.6 Å². The molecule has 104 valence electrons. The first-order valence-corrected chi connectivity index (χ1v) is 7.21. The Hall–Kier alpha value is -1.35. The van der Waals surface area contributed by atoms with Crippen LogP contribution in [0.25, 0.3) is 0 Å². The molecule has 3 heteroatoms. The number of nitrogens with zero attached hydrogens (tertiary/aromatic N) is 2. The van der Waals surface area contributed by atoms with E-state index in [2.05, 4.69) is 48.1 Å². The Balaban J connectivity index is 2.05. The summed E-state index contributed by atoms with van der Waals surface area (Å²) < 4.78 is 0. The second-order valence-electron chi connectivity index (χ2n) is 5.79. The fourth-order valence-corrected chi connectivity index (χ4v) is 2.48. The number of hydrogen-bond acceptors (Lipinski definition) is 3. The highest BCUT2D eigenvalue weighted by Gasteiger charge is 2.14. The third-order valence-electron chi connectivity index (χ3n) is 3.42. The maximum absolute atomic E-state index is 4.28. The minimum Gasteiger partial charge on any atom is -0.367 e. The van der Waals surface area contributed by atoms with Crippen molar-refractivity contribution in [2.24, 2.45) is 5.92 Å². The van der Waals surface area contributed by atoms with Crippen molar-refractivity contribution in [3.63, 3.8) is 0 Å². The molecule has 0 bridgehead atoms. The van der Waals surface area contributed by atoms with Crippen LogP contribution in [0.15, 0.2) is 30.1 Å². The predicted octanol–water partition coefficient (Wildman–Crippen LogP) is 2.98. The van der Waals surface area contributed by atoms with Gasteiger partial charge in [-0.25, -0.2) is 0 Å². The van der Waals surface area contributed by atoms with Crippen LogP contribution in [-0.2, 0) is 6.54 Å². The van der Waals surface area contributed by atoms with Gasteiger partial charge in [0.15, 0.2) is 0 Å². The molecular formula is C16H25N3. The fraction of sp³-hybridized carbons (Fsp3) is 0.562. The molecule has 0 unspecified atom stereocenters. The molecule has 3 nitrogen and oxygen atoms in total. The summed E-state index contributed by atoms with van der Waals surface area (Å²) in [6.45, 7) is 10.8. The Bertz CT molecular complexity index is 437. The lowest BCUT2D eigenvalue weighted by Crippen LogP contribution is -2.31. The summed E-state index contributed by atoms with van der Waals surface area (Å²) in [5.74, 6) is 0.681. The molecule has 19 heavy (non-hydrogen) atoms. The molecular weight excluding hydrogens is 234 g/mol. The number of hydrogen-bond donors (Lipinski definition) is 1. The normalized spacial score (nSPS) is 15.8. The zero-order chi connectivity index (χ0) is 13.7. The molecule has 0 saturated heterocycles. The highest BCUT2D eigenvalue weighted by molar-refractivity contribution is 5.53. The Morgan fingerprint density at radius 1 is 1.42 bits per heavy atom. The molecule has 0 aromatic carbocycles. The lowest BCUT2D eigenvalue weighted by molar-refractivity contribution is 0.551. The number of pyridine rings is 1. The van der Waals surface area contributed by atoms with E-state index in [0.717, 1.165) is 32.6 Å². The highest BCUT2D eigenvalue weighted by Crippen LogP contribution is 2.23. The average Bonchev–Trinajstić information content (AvgIpc) is 2.39. The SMILES string of the molecule is CC1=CCCN(c2ccncc2CNCC(C)C)C1. The summed E-state index contributed by atoms with van der Waals surface area (Å²) in [5.41, 5.74) is 4.10. The third kappa shape index (κ3) is 4.06. The molecule has 2 heterocycles. The van der Waals surface area contributed by atoms with E-state index in [1.165, 1.54) is 16.8 Å². The van der Waals surface area contributed by atoms with Gasteiger partial charge in [-0.05, 0) is 31.9 Å². The molecule has 2 rings (SSSR count). The molecule has 0 fully saturated rings. The Kier molecular flexibility index (Phi) is 4.97. The van der Waals surface area contributed by atoms with Gasteiger partial charge in [-0.1, -0.05) is 25.5 Å². The van der Waals surface area contributed by atoms with E-state index < -0.39 is 0 Å². The minimum absolute atomic E-state index is 0.681. The Morgan fingerprint density at radius 3 is 3.00 bits per heavy atom. The highest BCUT2D eigenvalue weighted by atomic mass is 15.1. The topological polar surface area (TPSA) is 28.2 Å². The van der Waals surface area contributed by atoms with Crippen LogP contribution in [0.3, 0.4) is 0 Å². The van der Waals surface area contributed by atoms with E-state index in [4.69, 9.17) is 0 Å². The molecule has 0 aliphatic carbocycles. The van der Waals surface area contributed by atoms with Gasteiger partial charge in [-0.15, -0.1) is 0 Å². The van der Waals surface area contributed by atoms with Crippen LogP contribution in [0, 0.1) is 5.92 Å². The van der Waals surface area contributed by atoms with Crippen LogP contribution >= 0.6 is 0 Å². The second kappa shape index (κ2) is 6.71. The van der Waals surface area contributed by atoms with Gasteiger partial charge in [0, 0.05) is 43.3 Å². The van der Waals surface area contributed by atoms with E-state index in [1.54, 1.807) is 0 Å². The summed E-state index contributed by atoms with van der Waals surface area (Å²) in [7, 11) is 0. The second-order valence-corrected chi connectivity index (χ2v) is 5.79. The smallest absolute Gasteiger partial charge is 0.0445 e. The molecule has 1 aromatic heterocycles. The van der Waals surface area contributed by atoms with Crippen LogP contribution in [0.4, 0.5) is 5.69 Å². The first-order chi connectivity index (χ1) is 9.16. The largest absolute Gasteiger partial charge is 0.367 e. The first-order valence-electron chi connectivity index (χ1n) is 7.21.